The number of halogens is 2. The molecule has 2 aromatic carbocycles. The van der Waals surface area contributed by atoms with Gasteiger partial charge in [0.2, 0.25) is 0 Å². The molecule has 0 fully saturated rings. The van der Waals surface area contributed by atoms with Crippen molar-refractivity contribution in [1.82, 2.24) is 5.43 Å². The Morgan fingerprint density at radius 2 is 2.16 bits per heavy atom. The van der Waals surface area contributed by atoms with Crippen LogP contribution in [0, 0.1) is 3.57 Å². The van der Waals surface area contributed by atoms with Gasteiger partial charge >= 0.3 is 5.91 Å². The number of para-hydroxylation sites is 1. The number of hydrogen-bond acceptors (Lipinski definition) is 4. The Morgan fingerprint density at radius 1 is 1.36 bits per heavy atom. The highest BCUT2D eigenvalue weighted by molar-refractivity contribution is 14.1. The first-order chi connectivity index (χ1) is 12.1. The number of rotatable bonds is 5. The minimum Gasteiger partial charge on any atom is -0.493 e. The van der Waals surface area contributed by atoms with Crippen molar-refractivity contribution in [2.45, 2.75) is 6.92 Å². The van der Waals surface area contributed by atoms with E-state index in [0.717, 1.165) is 19.0 Å². The summed E-state index contributed by atoms with van der Waals surface area (Å²) in [6.45, 7) is 2.47. The SMILES string of the molecule is CCOc1ccccc1/C=N\NC(=O)c1cc2cc(Br)cc(I)c2o1. The standard InChI is InChI=1S/C18H14BrIN2O3/c1-2-24-15-6-4-3-5-11(15)10-21-22-18(23)16-8-12-7-13(19)9-14(20)17(12)25-16/h3-10H,2H2,1H3,(H,22,23)/b21-10-. The van der Waals surface area contributed by atoms with Gasteiger partial charge < -0.3 is 9.15 Å². The Bertz CT molecular complexity index is 953. The molecule has 1 aromatic heterocycles. The molecule has 0 unspecified atom stereocenters. The molecule has 0 radical (unpaired) electrons. The summed E-state index contributed by atoms with van der Waals surface area (Å²) in [6, 6.07) is 13.0. The van der Waals surface area contributed by atoms with Gasteiger partial charge in [-0.1, -0.05) is 28.1 Å². The topological polar surface area (TPSA) is 63.8 Å². The third kappa shape index (κ3) is 4.21. The van der Waals surface area contributed by atoms with Gasteiger partial charge in [0.25, 0.3) is 0 Å². The number of benzene rings is 2. The molecule has 3 aromatic rings. The average molecular weight is 513 g/mol. The zero-order chi connectivity index (χ0) is 17.8. The summed E-state index contributed by atoms with van der Waals surface area (Å²) in [6.07, 6.45) is 1.55. The summed E-state index contributed by atoms with van der Waals surface area (Å²) >= 11 is 5.60. The Labute approximate surface area is 166 Å². The quantitative estimate of drug-likeness (QED) is 0.298. The monoisotopic (exact) mass is 512 g/mol. The average Bonchev–Trinajstić information content (AvgIpc) is 3.01. The zero-order valence-corrected chi connectivity index (χ0v) is 17.0. The van der Waals surface area contributed by atoms with Crippen LogP contribution in [0.3, 0.4) is 0 Å². The molecule has 0 spiro atoms. The van der Waals surface area contributed by atoms with Gasteiger partial charge in [-0.05, 0) is 59.8 Å². The third-order valence-electron chi connectivity index (χ3n) is 3.35. The largest absolute Gasteiger partial charge is 0.493 e. The van der Waals surface area contributed by atoms with Crippen molar-refractivity contribution in [3.8, 4) is 5.75 Å². The van der Waals surface area contributed by atoms with Crippen LogP contribution < -0.4 is 10.2 Å². The van der Waals surface area contributed by atoms with E-state index in [9.17, 15) is 4.79 Å². The molecular formula is C18H14BrIN2O3. The first-order valence-electron chi connectivity index (χ1n) is 7.52. The van der Waals surface area contributed by atoms with Gasteiger partial charge in [0, 0.05) is 15.4 Å². The van der Waals surface area contributed by atoms with E-state index in [2.05, 4.69) is 49.0 Å². The summed E-state index contributed by atoms with van der Waals surface area (Å²) in [5, 5.41) is 4.85. The predicted octanol–water partition coefficient (Wildman–Crippen LogP) is 4.96. The molecular weight excluding hydrogens is 499 g/mol. The van der Waals surface area contributed by atoms with Gasteiger partial charge in [-0.25, -0.2) is 5.43 Å². The van der Waals surface area contributed by atoms with Gasteiger partial charge in [0.05, 0.1) is 16.4 Å². The van der Waals surface area contributed by atoms with Gasteiger partial charge in [0.15, 0.2) is 5.76 Å². The van der Waals surface area contributed by atoms with Gasteiger partial charge in [-0.15, -0.1) is 0 Å². The Hall–Kier alpha value is -1.87. The fraction of sp³-hybridized carbons (Fsp3) is 0.111. The first kappa shape index (κ1) is 17.9. The molecule has 0 aliphatic heterocycles. The second-order valence-corrected chi connectivity index (χ2v) is 7.16. The van der Waals surface area contributed by atoms with Crippen molar-refractivity contribution >= 4 is 61.6 Å². The molecule has 1 N–H and O–H groups in total. The molecule has 128 valence electrons. The van der Waals surface area contributed by atoms with Crippen LogP contribution in [-0.4, -0.2) is 18.7 Å². The number of hydrazone groups is 1. The maximum Gasteiger partial charge on any atom is 0.307 e. The molecule has 1 amide bonds. The fourth-order valence-corrected chi connectivity index (χ4v) is 3.94. The number of nitrogens with one attached hydrogen (secondary N) is 1. The van der Waals surface area contributed by atoms with Crippen LogP contribution >= 0.6 is 38.5 Å². The van der Waals surface area contributed by atoms with Crippen LogP contribution in [0.1, 0.15) is 23.0 Å². The molecule has 3 rings (SSSR count). The van der Waals surface area contributed by atoms with Crippen LogP contribution in [0.4, 0.5) is 0 Å². The second-order valence-electron chi connectivity index (χ2n) is 5.09. The number of ether oxygens (including phenoxy) is 1. The summed E-state index contributed by atoms with van der Waals surface area (Å²) in [4.78, 5) is 12.2. The molecule has 0 aliphatic rings. The molecule has 0 aliphatic carbocycles. The van der Waals surface area contributed by atoms with E-state index in [4.69, 9.17) is 9.15 Å². The second kappa shape index (κ2) is 8.01. The Morgan fingerprint density at radius 3 is 2.96 bits per heavy atom. The van der Waals surface area contributed by atoms with E-state index in [1.54, 1.807) is 12.3 Å². The third-order valence-corrected chi connectivity index (χ3v) is 4.61. The van der Waals surface area contributed by atoms with Crippen molar-refractivity contribution in [2.75, 3.05) is 6.61 Å². The number of nitrogens with zero attached hydrogens (tertiary/aromatic N) is 1. The molecule has 0 saturated carbocycles. The normalized spacial score (nSPS) is 11.2. The molecule has 0 saturated heterocycles. The fourth-order valence-electron chi connectivity index (χ4n) is 2.28. The predicted molar refractivity (Wildman–Crippen MR) is 109 cm³/mol. The number of amides is 1. The first-order valence-corrected chi connectivity index (χ1v) is 9.39. The lowest BCUT2D eigenvalue weighted by molar-refractivity contribution is 0.0929. The van der Waals surface area contributed by atoms with E-state index in [1.807, 2.05) is 43.3 Å². The number of carbonyl (C=O) groups excluding carboxylic acids is 1. The maximum absolute atomic E-state index is 12.2. The van der Waals surface area contributed by atoms with E-state index in [0.29, 0.717) is 17.9 Å². The summed E-state index contributed by atoms with van der Waals surface area (Å²) in [5.41, 5.74) is 3.94. The summed E-state index contributed by atoms with van der Waals surface area (Å²) in [5.74, 6) is 0.515. The summed E-state index contributed by atoms with van der Waals surface area (Å²) < 4.78 is 13.0. The van der Waals surface area contributed by atoms with Gasteiger partial charge in [-0.3, -0.25) is 4.79 Å². The van der Waals surface area contributed by atoms with Crippen LogP contribution in [0.2, 0.25) is 0 Å². The lowest BCUT2D eigenvalue weighted by Gasteiger charge is -2.05. The van der Waals surface area contributed by atoms with Crippen LogP contribution in [0.25, 0.3) is 11.0 Å². The zero-order valence-electron chi connectivity index (χ0n) is 13.3. The molecule has 0 atom stereocenters. The van der Waals surface area contributed by atoms with Crippen molar-refractivity contribution in [1.29, 1.82) is 0 Å². The molecule has 25 heavy (non-hydrogen) atoms. The van der Waals surface area contributed by atoms with E-state index < -0.39 is 5.91 Å². The van der Waals surface area contributed by atoms with Crippen molar-refractivity contribution in [3.05, 3.63) is 61.8 Å². The highest BCUT2D eigenvalue weighted by atomic mass is 127. The van der Waals surface area contributed by atoms with E-state index >= 15 is 0 Å². The van der Waals surface area contributed by atoms with E-state index in [1.165, 1.54) is 0 Å². The molecule has 1 heterocycles. The molecule has 0 bridgehead atoms. The summed E-state index contributed by atoms with van der Waals surface area (Å²) in [7, 11) is 0. The highest BCUT2D eigenvalue weighted by Gasteiger charge is 2.14. The maximum atomic E-state index is 12.2. The van der Waals surface area contributed by atoms with Crippen molar-refractivity contribution in [2.24, 2.45) is 5.10 Å². The van der Waals surface area contributed by atoms with Gasteiger partial charge in [0.1, 0.15) is 11.3 Å². The van der Waals surface area contributed by atoms with E-state index in [-0.39, 0.29) is 5.76 Å². The smallest absolute Gasteiger partial charge is 0.307 e. The number of carbonyl (C=O) groups is 1. The number of hydrogen-bond donors (Lipinski definition) is 1. The molecule has 5 nitrogen and oxygen atoms in total. The minimum atomic E-state index is -0.409. The molecule has 7 heteroatoms. The Kier molecular flexibility index (Phi) is 5.74. The highest BCUT2D eigenvalue weighted by Crippen LogP contribution is 2.28. The van der Waals surface area contributed by atoms with Gasteiger partial charge in [-0.2, -0.15) is 5.10 Å². The van der Waals surface area contributed by atoms with Crippen LogP contribution in [-0.2, 0) is 0 Å². The Balaban J connectivity index is 1.76. The lowest BCUT2D eigenvalue weighted by atomic mass is 10.2. The van der Waals surface area contributed by atoms with Crippen LogP contribution in [0.5, 0.6) is 5.75 Å². The van der Waals surface area contributed by atoms with Crippen molar-refractivity contribution < 1.29 is 13.9 Å². The lowest BCUT2D eigenvalue weighted by Crippen LogP contribution is -2.16. The number of fused-ring (bicyclic) bond motifs is 1. The minimum absolute atomic E-state index is 0.209. The van der Waals surface area contributed by atoms with Crippen LogP contribution in [0.15, 0.2) is 56.5 Å². The van der Waals surface area contributed by atoms with Crippen molar-refractivity contribution in [3.63, 3.8) is 0 Å². The number of furan rings is 1.